The number of anilines is 1. The lowest BCUT2D eigenvalue weighted by atomic mass is 10.2. The van der Waals surface area contributed by atoms with Crippen molar-refractivity contribution >= 4 is 33.2 Å². The van der Waals surface area contributed by atoms with Crippen molar-refractivity contribution in [3.63, 3.8) is 0 Å². The Balaban J connectivity index is 1.96. The molecule has 0 saturated heterocycles. The molecule has 0 bridgehead atoms. The van der Waals surface area contributed by atoms with Gasteiger partial charge in [-0.2, -0.15) is 0 Å². The van der Waals surface area contributed by atoms with Crippen molar-refractivity contribution in [1.82, 2.24) is 5.32 Å². The molecule has 0 spiro atoms. The Morgan fingerprint density at radius 1 is 1.20 bits per heavy atom. The highest BCUT2D eigenvalue weighted by atomic mass is 35.5. The standard InChI is InChI=1S/C17H18ClFN2O3S/c1-25(23,24)21(16-4-2-3-14(18)11-16)10-9-17(22)20-12-13-5-7-15(19)8-6-13/h2-8,11H,9-10,12H2,1H3,(H,20,22). The molecule has 8 heteroatoms. The molecule has 0 heterocycles. The minimum absolute atomic E-state index is 0.00553. The average Bonchev–Trinajstić information content (AvgIpc) is 2.53. The zero-order chi connectivity index (χ0) is 18.4. The van der Waals surface area contributed by atoms with E-state index in [1.54, 1.807) is 30.3 Å². The molecule has 0 aliphatic carbocycles. The molecule has 0 fully saturated rings. The lowest BCUT2D eigenvalue weighted by Gasteiger charge is -2.22. The maximum Gasteiger partial charge on any atom is 0.232 e. The van der Waals surface area contributed by atoms with Crippen LogP contribution in [-0.2, 0) is 21.4 Å². The highest BCUT2D eigenvalue weighted by Crippen LogP contribution is 2.21. The first-order chi connectivity index (χ1) is 11.8. The summed E-state index contributed by atoms with van der Waals surface area (Å²) in [4.78, 5) is 12.0. The Morgan fingerprint density at radius 3 is 2.48 bits per heavy atom. The van der Waals surface area contributed by atoms with Crippen molar-refractivity contribution in [2.24, 2.45) is 0 Å². The van der Waals surface area contributed by atoms with Gasteiger partial charge in [0.1, 0.15) is 5.82 Å². The highest BCUT2D eigenvalue weighted by molar-refractivity contribution is 7.92. The predicted octanol–water partition coefficient (Wildman–Crippen LogP) is 2.95. The lowest BCUT2D eigenvalue weighted by molar-refractivity contribution is -0.121. The number of sulfonamides is 1. The van der Waals surface area contributed by atoms with E-state index in [9.17, 15) is 17.6 Å². The third kappa shape index (κ3) is 6.03. The molecule has 0 saturated carbocycles. The summed E-state index contributed by atoms with van der Waals surface area (Å²) in [6.45, 7) is 0.240. The molecule has 0 aliphatic heterocycles. The molecule has 2 aromatic carbocycles. The summed E-state index contributed by atoms with van der Waals surface area (Å²) in [6, 6.07) is 12.2. The van der Waals surface area contributed by atoms with Gasteiger partial charge in [-0.25, -0.2) is 12.8 Å². The second-order valence-electron chi connectivity index (χ2n) is 5.47. The van der Waals surface area contributed by atoms with Crippen LogP contribution in [0.1, 0.15) is 12.0 Å². The van der Waals surface area contributed by atoms with Crippen LogP contribution in [0.25, 0.3) is 0 Å². The minimum Gasteiger partial charge on any atom is -0.352 e. The van der Waals surface area contributed by atoms with Gasteiger partial charge < -0.3 is 5.32 Å². The van der Waals surface area contributed by atoms with E-state index in [0.717, 1.165) is 16.1 Å². The van der Waals surface area contributed by atoms with E-state index in [0.29, 0.717) is 10.7 Å². The number of hydrogen-bond acceptors (Lipinski definition) is 3. The molecule has 2 aromatic rings. The van der Waals surface area contributed by atoms with Gasteiger partial charge >= 0.3 is 0 Å². The quantitative estimate of drug-likeness (QED) is 0.798. The number of halogens is 2. The molecule has 5 nitrogen and oxygen atoms in total. The maximum absolute atomic E-state index is 12.8. The van der Waals surface area contributed by atoms with E-state index < -0.39 is 10.0 Å². The number of benzene rings is 2. The van der Waals surface area contributed by atoms with E-state index in [1.807, 2.05) is 0 Å². The number of amides is 1. The molecule has 2 rings (SSSR count). The Kier molecular flexibility index (Phi) is 6.39. The molecular weight excluding hydrogens is 367 g/mol. The van der Waals surface area contributed by atoms with Gasteiger partial charge in [0.05, 0.1) is 11.9 Å². The number of carbonyl (C=O) groups excluding carboxylic acids is 1. The molecule has 0 unspecified atom stereocenters. The van der Waals surface area contributed by atoms with Crippen molar-refractivity contribution in [3.8, 4) is 0 Å². The summed E-state index contributed by atoms with van der Waals surface area (Å²) in [5.41, 5.74) is 1.16. The molecular formula is C17H18ClFN2O3S. The summed E-state index contributed by atoms with van der Waals surface area (Å²) < 4.78 is 37.9. The van der Waals surface area contributed by atoms with Crippen LogP contribution >= 0.6 is 11.6 Å². The van der Waals surface area contributed by atoms with Crippen LogP contribution in [0.15, 0.2) is 48.5 Å². The van der Waals surface area contributed by atoms with Crippen LogP contribution in [0, 0.1) is 5.82 Å². The Morgan fingerprint density at radius 2 is 1.88 bits per heavy atom. The summed E-state index contributed by atoms with van der Waals surface area (Å²) >= 11 is 5.90. The van der Waals surface area contributed by atoms with Gasteiger partial charge in [-0.05, 0) is 35.9 Å². The van der Waals surface area contributed by atoms with Crippen molar-refractivity contribution in [2.75, 3.05) is 17.1 Å². The van der Waals surface area contributed by atoms with Crippen molar-refractivity contribution in [3.05, 3.63) is 64.9 Å². The molecule has 1 N–H and O–H groups in total. The van der Waals surface area contributed by atoms with Crippen LogP contribution in [0.2, 0.25) is 5.02 Å². The van der Waals surface area contributed by atoms with Gasteiger partial charge in [0.25, 0.3) is 0 Å². The normalized spacial score (nSPS) is 11.2. The fraction of sp³-hybridized carbons (Fsp3) is 0.235. The third-order valence-electron chi connectivity index (χ3n) is 3.44. The summed E-state index contributed by atoms with van der Waals surface area (Å²) in [7, 11) is -3.55. The number of nitrogens with one attached hydrogen (secondary N) is 1. The van der Waals surface area contributed by atoms with Gasteiger partial charge in [-0.15, -0.1) is 0 Å². The Bertz CT molecular complexity index is 841. The molecule has 0 atom stereocenters. The smallest absolute Gasteiger partial charge is 0.232 e. The first-order valence-electron chi connectivity index (χ1n) is 7.50. The number of carbonyl (C=O) groups is 1. The lowest BCUT2D eigenvalue weighted by Crippen LogP contribution is -2.34. The number of rotatable bonds is 7. The third-order valence-corrected chi connectivity index (χ3v) is 4.87. The van der Waals surface area contributed by atoms with Gasteiger partial charge in [-0.3, -0.25) is 9.10 Å². The number of hydrogen-bond donors (Lipinski definition) is 1. The first-order valence-corrected chi connectivity index (χ1v) is 9.73. The number of nitrogens with zero attached hydrogens (tertiary/aromatic N) is 1. The van der Waals surface area contributed by atoms with Gasteiger partial charge in [-0.1, -0.05) is 29.8 Å². The summed E-state index contributed by atoms with van der Waals surface area (Å²) in [6.07, 6.45) is 1.06. The molecule has 0 aromatic heterocycles. The van der Waals surface area contributed by atoms with Crippen molar-refractivity contribution < 1.29 is 17.6 Å². The van der Waals surface area contributed by atoms with Crippen LogP contribution in [0.5, 0.6) is 0 Å². The van der Waals surface area contributed by atoms with E-state index in [1.165, 1.54) is 18.2 Å². The SMILES string of the molecule is CS(=O)(=O)N(CCC(=O)NCc1ccc(F)cc1)c1cccc(Cl)c1. The van der Waals surface area contributed by atoms with E-state index in [4.69, 9.17) is 11.6 Å². The largest absolute Gasteiger partial charge is 0.352 e. The van der Waals surface area contributed by atoms with Crippen LogP contribution in [-0.4, -0.2) is 27.1 Å². The van der Waals surface area contributed by atoms with Crippen LogP contribution < -0.4 is 9.62 Å². The van der Waals surface area contributed by atoms with E-state index in [-0.39, 0.29) is 31.2 Å². The fourth-order valence-corrected chi connectivity index (χ4v) is 3.32. The highest BCUT2D eigenvalue weighted by Gasteiger charge is 2.18. The molecule has 0 radical (unpaired) electrons. The molecule has 134 valence electrons. The second kappa shape index (κ2) is 8.31. The zero-order valence-electron chi connectivity index (χ0n) is 13.6. The second-order valence-corrected chi connectivity index (χ2v) is 7.81. The van der Waals surface area contributed by atoms with E-state index >= 15 is 0 Å². The van der Waals surface area contributed by atoms with Crippen LogP contribution in [0.4, 0.5) is 10.1 Å². The van der Waals surface area contributed by atoms with Gasteiger partial charge in [0.15, 0.2) is 0 Å². The zero-order valence-corrected chi connectivity index (χ0v) is 15.1. The molecule has 1 amide bonds. The minimum atomic E-state index is -3.55. The van der Waals surface area contributed by atoms with Crippen LogP contribution in [0.3, 0.4) is 0 Å². The predicted molar refractivity (Wildman–Crippen MR) is 96.5 cm³/mol. The monoisotopic (exact) mass is 384 g/mol. The summed E-state index contributed by atoms with van der Waals surface area (Å²) in [5.74, 6) is -0.652. The van der Waals surface area contributed by atoms with Crippen molar-refractivity contribution in [2.45, 2.75) is 13.0 Å². The average molecular weight is 385 g/mol. The first kappa shape index (κ1) is 19.2. The molecule has 0 aliphatic rings. The maximum atomic E-state index is 12.8. The van der Waals surface area contributed by atoms with Gasteiger partial charge in [0.2, 0.25) is 15.9 Å². The Labute approximate surface area is 151 Å². The summed E-state index contributed by atoms with van der Waals surface area (Å²) in [5, 5.41) is 3.09. The Hall–Kier alpha value is -2.12. The topological polar surface area (TPSA) is 66.5 Å². The fourth-order valence-electron chi connectivity index (χ4n) is 2.21. The molecule has 25 heavy (non-hydrogen) atoms. The van der Waals surface area contributed by atoms with E-state index in [2.05, 4.69) is 5.32 Å². The van der Waals surface area contributed by atoms with Gasteiger partial charge in [0, 0.05) is 24.5 Å². The van der Waals surface area contributed by atoms with Crippen molar-refractivity contribution in [1.29, 1.82) is 0 Å².